The number of aryl methyl sites for hydroxylation is 2. The molecule has 262 valence electrons. The topological polar surface area (TPSA) is 17.8 Å². The number of rotatable bonds is 17. The van der Waals surface area contributed by atoms with E-state index in [0.717, 1.165) is 0 Å². The van der Waals surface area contributed by atoms with Crippen LogP contribution < -0.4 is 5.19 Å². The van der Waals surface area contributed by atoms with Crippen LogP contribution in [0, 0.1) is 0 Å². The summed E-state index contributed by atoms with van der Waals surface area (Å²) in [5.74, 6) is 0.484. The number of nitrogens with zero attached hydrogens (tertiary/aromatic N) is 2. The molecule has 0 aliphatic carbocycles. The summed E-state index contributed by atoms with van der Waals surface area (Å²) in [6, 6.07) is 51.3. The average molecular weight is 689 g/mol. The van der Waals surface area contributed by atoms with Gasteiger partial charge in [-0.05, 0) is 64.9 Å². The van der Waals surface area contributed by atoms with Gasteiger partial charge in [0.05, 0.1) is 21.0 Å². The van der Waals surface area contributed by atoms with Crippen LogP contribution >= 0.6 is 0 Å². The molecule has 0 N–H and O–H groups in total. The fraction of sp³-hybridized carbons (Fsp3) is 0.298. The van der Waals surface area contributed by atoms with E-state index in [9.17, 15) is 0 Å². The number of hydrogen-bond donors (Lipinski definition) is 0. The highest BCUT2D eigenvalue weighted by atomic mass is 28.2. The zero-order valence-electron chi connectivity index (χ0n) is 31.3. The highest BCUT2D eigenvalue weighted by molar-refractivity contribution is 6.57. The Kier molecular flexibility index (Phi) is 15.2. The third-order valence-corrected chi connectivity index (χ3v) is 12.9. The zero-order valence-corrected chi connectivity index (χ0v) is 32.7. The molecule has 0 saturated heterocycles. The van der Waals surface area contributed by atoms with Crippen LogP contribution in [-0.2, 0) is 18.0 Å². The third-order valence-electron chi connectivity index (χ3n) is 10.3. The van der Waals surface area contributed by atoms with Gasteiger partial charge in [-0.2, -0.15) is 0 Å². The Morgan fingerprint density at radius 2 is 1.02 bits per heavy atom. The molecule has 6 aromatic rings. The quantitative estimate of drug-likeness (QED) is 0.0689. The molecule has 1 heterocycles. The average Bonchev–Trinajstić information content (AvgIpc) is 3.75. The summed E-state index contributed by atoms with van der Waals surface area (Å²) in [5, 5.41) is 1.24. The van der Waals surface area contributed by atoms with Crippen LogP contribution in [0.4, 0.5) is 0 Å². The van der Waals surface area contributed by atoms with E-state index in [1.807, 2.05) is 12.5 Å². The Morgan fingerprint density at radius 1 is 0.569 bits per heavy atom. The van der Waals surface area contributed by atoms with E-state index in [0.29, 0.717) is 5.82 Å². The lowest BCUT2D eigenvalue weighted by molar-refractivity contribution is 0.595. The molecule has 0 amide bonds. The van der Waals surface area contributed by atoms with Crippen LogP contribution in [0.3, 0.4) is 0 Å². The SMILES string of the molecule is BC(c1ccccc1)c1ccccc1.CCCCCCc1ccc(C([SiH2]c2ccccc2)(c2ccc(CCCCCC)cc2)n2ccnc2)cc1. The molecule has 0 saturated carbocycles. The Balaban J connectivity index is 0.000000299. The van der Waals surface area contributed by atoms with Crippen LogP contribution in [0.5, 0.6) is 0 Å². The van der Waals surface area contributed by atoms with Gasteiger partial charge in [0, 0.05) is 12.4 Å². The maximum atomic E-state index is 4.52. The van der Waals surface area contributed by atoms with Gasteiger partial charge in [0.15, 0.2) is 0 Å². The molecule has 1 aromatic heterocycles. The minimum atomic E-state index is -0.817. The van der Waals surface area contributed by atoms with Gasteiger partial charge in [-0.3, -0.25) is 0 Å². The summed E-state index contributed by atoms with van der Waals surface area (Å²) in [5.41, 5.74) is 8.38. The minimum Gasteiger partial charge on any atom is -0.326 e. The van der Waals surface area contributed by atoms with Gasteiger partial charge >= 0.3 is 0 Å². The van der Waals surface area contributed by atoms with E-state index in [4.69, 9.17) is 0 Å². The van der Waals surface area contributed by atoms with Crippen molar-refractivity contribution < 1.29 is 0 Å². The lowest BCUT2D eigenvalue weighted by Gasteiger charge is -2.37. The number of unbranched alkanes of at least 4 members (excludes halogenated alkanes) is 6. The number of benzene rings is 5. The highest BCUT2D eigenvalue weighted by Gasteiger charge is 2.36. The monoisotopic (exact) mass is 688 g/mol. The first-order valence-corrected chi connectivity index (χ1v) is 20.9. The molecular weight excluding hydrogens is 631 g/mol. The fourth-order valence-corrected chi connectivity index (χ4v) is 9.57. The maximum absolute atomic E-state index is 4.52. The van der Waals surface area contributed by atoms with E-state index in [2.05, 4.69) is 177 Å². The van der Waals surface area contributed by atoms with Gasteiger partial charge < -0.3 is 4.57 Å². The number of hydrogen-bond acceptors (Lipinski definition) is 1. The van der Waals surface area contributed by atoms with Crippen molar-refractivity contribution in [1.29, 1.82) is 0 Å². The number of aromatic nitrogens is 2. The predicted molar refractivity (Wildman–Crippen MR) is 225 cm³/mol. The van der Waals surface area contributed by atoms with Gasteiger partial charge in [-0.1, -0.05) is 197 Å². The van der Waals surface area contributed by atoms with Gasteiger partial charge in [0.2, 0.25) is 0 Å². The molecule has 0 radical (unpaired) electrons. The molecule has 0 aliphatic rings. The largest absolute Gasteiger partial charge is 0.326 e. The van der Waals surface area contributed by atoms with Crippen LogP contribution in [0.1, 0.15) is 104 Å². The standard InChI is InChI=1S/C34H44N2Si.C13H13B/c1-3-5-7-10-14-29-18-22-31(23-19-29)34(36-27-26-35-28-36,37-33-16-12-9-13-17-33)32-24-20-30(21-25-32)15-11-8-6-4-2;14-13(11-7-3-1-4-8-11)12-9-5-2-6-10-12/h9,12-13,16-28H,3-8,10-11,14-15,37H2,1-2H3;1-10,13H,14H2. The second kappa shape index (κ2) is 20.4. The molecule has 0 bridgehead atoms. The Morgan fingerprint density at radius 3 is 1.43 bits per heavy atom. The normalized spacial score (nSPS) is 11.5. The highest BCUT2D eigenvalue weighted by Crippen LogP contribution is 2.34. The predicted octanol–water partition coefficient (Wildman–Crippen LogP) is 9.78. The first-order chi connectivity index (χ1) is 25.1. The summed E-state index contributed by atoms with van der Waals surface area (Å²) in [6.07, 6.45) is 18.9. The second-order valence-electron chi connectivity index (χ2n) is 14.1. The van der Waals surface area contributed by atoms with Crippen molar-refractivity contribution in [1.82, 2.24) is 9.55 Å². The van der Waals surface area contributed by atoms with Gasteiger partial charge in [-0.15, -0.1) is 0 Å². The molecule has 5 aromatic carbocycles. The maximum Gasteiger partial charge on any atom is 0.116 e. The van der Waals surface area contributed by atoms with Crippen molar-refractivity contribution in [2.24, 2.45) is 0 Å². The molecule has 2 nitrogen and oxygen atoms in total. The first kappa shape index (κ1) is 37.8. The van der Waals surface area contributed by atoms with Gasteiger partial charge in [-0.25, -0.2) is 4.98 Å². The van der Waals surface area contributed by atoms with Crippen molar-refractivity contribution in [3.63, 3.8) is 0 Å². The molecule has 0 unspecified atom stereocenters. The van der Waals surface area contributed by atoms with Crippen molar-refractivity contribution >= 4 is 22.6 Å². The van der Waals surface area contributed by atoms with E-state index in [1.165, 1.54) is 103 Å². The smallest absolute Gasteiger partial charge is 0.116 e. The Labute approximate surface area is 311 Å². The van der Waals surface area contributed by atoms with Crippen LogP contribution in [0.2, 0.25) is 0 Å². The van der Waals surface area contributed by atoms with E-state index >= 15 is 0 Å². The van der Waals surface area contributed by atoms with E-state index in [-0.39, 0.29) is 5.16 Å². The summed E-state index contributed by atoms with van der Waals surface area (Å²) in [7, 11) is 1.42. The van der Waals surface area contributed by atoms with E-state index in [1.54, 1.807) is 0 Å². The Bertz CT molecular complexity index is 1680. The lowest BCUT2D eigenvalue weighted by Crippen LogP contribution is -2.46. The first-order valence-electron chi connectivity index (χ1n) is 19.4. The third kappa shape index (κ3) is 10.8. The lowest BCUT2D eigenvalue weighted by atomic mass is 9.76. The molecule has 0 aliphatic heterocycles. The Hall–Kier alpha value is -4.41. The van der Waals surface area contributed by atoms with Crippen molar-refractivity contribution in [2.75, 3.05) is 0 Å². The van der Waals surface area contributed by atoms with Crippen molar-refractivity contribution in [3.05, 3.63) is 192 Å². The van der Waals surface area contributed by atoms with Crippen LogP contribution in [0.15, 0.2) is 158 Å². The second-order valence-corrected chi connectivity index (χ2v) is 16.2. The minimum absolute atomic E-state index is 0.223. The summed E-state index contributed by atoms with van der Waals surface area (Å²) >= 11 is 0. The summed E-state index contributed by atoms with van der Waals surface area (Å²) in [6.45, 7) is 4.56. The summed E-state index contributed by atoms with van der Waals surface area (Å²) in [4.78, 5) is 4.52. The van der Waals surface area contributed by atoms with Gasteiger partial charge in [0.1, 0.15) is 7.85 Å². The molecular formula is C47H57BN2Si. The molecule has 4 heteroatoms. The zero-order chi connectivity index (χ0) is 35.6. The molecule has 6 rings (SSSR count). The molecule has 0 spiro atoms. The fourth-order valence-electron chi connectivity index (χ4n) is 7.22. The molecule has 51 heavy (non-hydrogen) atoms. The van der Waals surface area contributed by atoms with Crippen LogP contribution in [0.25, 0.3) is 0 Å². The molecule has 0 atom stereocenters. The van der Waals surface area contributed by atoms with Gasteiger partial charge in [0.25, 0.3) is 0 Å². The summed E-state index contributed by atoms with van der Waals surface area (Å²) < 4.78 is 2.37. The van der Waals surface area contributed by atoms with E-state index < -0.39 is 9.52 Å². The number of imidazole rings is 1. The van der Waals surface area contributed by atoms with Crippen molar-refractivity contribution in [3.8, 4) is 0 Å². The van der Waals surface area contributed by atoms with Crippen LogP contribution in [-0.4, -0.2) is 26.9 Å². The molecule has 0 fully saturated rings. The van der Waals surface area contributed by atoms with Crippen molar-refractivity contribution in [2.45, 2.75) is 89.0 Å².